The number of nitro benzene ring substituents is 1. The minimum atomic E-state index is -0.482. The molecule has 2 aromatic heterocycles. The van der Waals surface area contributed by atoms with Crippen molar-refractivity contribution in [3.05, 3.63) is 45.8 Å². The van der Waals surface area contributed by atoms with Gasteiger partial charge in [-0.05, 0) is 17.5 Å². The highest BCUT2D eigenvalue weighted by molar-refractivity contribution is 7.14. The Morgan fingerprint density at radius 3 is 2.75 bits per heavy atom. The first-order valence-electron chi connectivity index (χ1n) is 5.57. The number of rotatable bonds is 3. The topological polar surface area (TPSA) is 108 Å². The van der Waals surface area contributed by atoms with Crippen LogP contribution in [0.25, 0.3) is 22.8 Å². The Hall–Kier alpha value is -2.74. The molecule has 0 aliphatic carbocycles. The minimum absolute atomic E-state index is 0.0712. The van der Waals surface area contributed by atoms with Gasteiger partial charge in [-0.3, -0.25) is 10.1 Å². The lowest BCUT2D eigenvalue weighted by molar-refractivity contribution is -0.384. The fourth-order valence-corrected chi connectivity index (χ4v) is 2.39. The Labute approximate surface area is 116 Å². The number of benzene rings is 1. The first-order chi connectivity index (χ1) is 9.66. The summed E-state index contributed by atoms with van der Waals surface area (Å²) >= 11 is 1.35. The van der Waals surface area contributed by atoms with Gasteiger partial charge in [-0.2, -0.15) is 4.98 Å². The molecule has 0 bridgehead atoms. The fourth-order valence-electron chi connectivity index (χ4n) is 1.76. The van der Waals surface area contributed by atoms with Gasteiger partial charge in [0, 0.05) is 6.07 Å². The van der Waals surface area contributed by atoms with Crippen molar-refractivity contribution in [3.8, 4) is 22.8 Å². The smallest absolute Gasteiger partial charge is 0.280 e. The average molecular weight is 288 g/mol. The molecule has 0 atom stereocenters. The van der Waals surface area contributed by atoms with Crippen LogP contribution < -0.4 is 5.73 Å². The zero-order chi connectivity index (χ0) is 14.1. The van der Waals surface area contributed by atoms with Crippen LogP contribution in [0.15, 0.2) is 40.2 Å². The average Bonchev–Trinajstić information content (AvgIpc) is 3.07. The van der Waals surface area contributed by atoms with E-state index in [4.69, 9.17) is 10.3 Å². The van der Waals surface area contributed by atoms with Crippen LogP contribution in [0, 0.1) is 10.1 Å². The van der Waals surface area contributed by atoms with Crippen molar-refractivity contribution in [2.75, 3.05) is 5.73 Å². The minimum Gasteiger partial charge on any atom is -0.390 e. The maximum atomic E-state index is 11.0. The molecule has 0 spiro atoms. The first kappa shape index (κ1) is 12.3. The molecule has 2 heterocycles. The van der Waals surface area contributed by atoms with Gasteiger partial charge < -0.3 is 10.3 Å². The van der Waals surface area contributed by atoms with Gasteiger partial charge in [-0.15, -0.1) is 11.3 Å². The molecule has 0 radical (unpaired) electrons. The normalized spacial score (nSPS) is 10.6. The molecular weight excluding hydrogens is 280 g/mol. The summed E-state index contributed by atoms with van der Waals surface area (Å²) in [6.45, 7) is 0. The van der Waals surface area contributed by atoms with Gasteiger partial charge in [0.2, 0.25) is 5.82 Å². The summed E-state index contributed by atoms with van der Waals surface area (Å²) < 4.78 is 5.12. The molecule has 0 fully saturated rings. The summed E-state index contributed by atoms with van der Waals surface area (Å²) in [7, 11) is 0. The lowest BCUT2D eigenvalue weighted by atomic mass is 10.2. The van der Waals surface area contributed by atoms with E-state index in [1.54, 1.807) is 29.6 Å². The van der Waals surface area contributed by atoms with E-state index in [0.717, 1.165) is 0 Å². The summed E-state index contributed by atoms with van der Waals surface area (Å²) in [5, 5.41) is 17.1. The van der Waals surface area contributed by atoms with E-state index < -0.39 is 4.92 Å². The van der Waals surface area contributed by atoms with E-state index in [2.05, 4.69) is 10.1 Å². The third-order valence-electron chi connectivity index (χ3n) is 2.69. The third kappa shape index (κ3) is 2.01. The summed E-state index contributed by atoms with van der Waals surface area (Å²) in [6, 6.07) is 7.99. The molecule has 7 nitrogen and oxygen atoms in total. The number of hydrogen-bond acceptors (Lipinski definition) is 7. The van der Waals surface area contributed by atoms with Crippen LogP contribution >= 0.6 is 11.3 Å². The first-order valence-corrected chi connectivity index (χ1v) is 6.45. The summed E-state index contributed by atoms with van der Waals surface area (Å²) in [5.41, 5.74) is 6.65. The van der Waals surface area contributed by atoms with Gasteiger partial charge in [0.25, 0.3) is 11.6 Å². The molecule has 2 N–H and O–H groups in total. The quantitative estimate of drug-likeness (QED) is 0.586. The molecular formula is C12H8N4O3S. The van der Waals surface area contributed by atoms with Crippen LogP contribution in [-0.2, 0) is 0 Å². The standard InChI is InChI=1S/C12H8N4O3S/c13-10-8(5-6-20-10)12-14-11(15-19-12)7-3-1-2-4-9(7)16(17)18/h1-6H,13H2. The number of aromatic nitrogens is 2. The Balaban J connectivity index is 2.07. The highest BCUT2D eigenvalue weighted by Gasteiger charge is 2.20. The molecule has 100 valence electrons. The number of nitrogen functional groups attached to an aromatic ring is 1. The molecule has 0 aliphatic heterocycles. The Morgan fingerprint density at radius 1 is 1.25 bits per heavy atom. The second-order valence-corrected chi connectivity index (χ2v) is 4.84. The maximum absolute atomic E-state index is 11.0. The number of nitro groups is 1. The van der Waals surface area contributed by atoms with Crippen molar-refractivity contribution < 1.29 is 9.45 Å². The van der Waals surface area contributed by atoms with E-state index in [1.165, 1.54) is 17.4 Å². The van der Waals surface area contributed by atoms with E-state index in [9.17, 15) is 10.1 Å². The number of nitrogens with zero attached hydrogens (tertiary/aromatic N) is 3. The second kappa shape index (κ2) is 4.74. The fraction of sp³-hybridized carbons (Fsp3) is 0. The number of hydrogen-bond donors (Lipinski definition) is 1. The summed E-state index contributed by atoms with van der Waals surface area (Å²) in [5.74, 6) is 0.412. The number of thiophene rings is 1. The molecule has 0 saturated carbocycles. The zero-order valence-corrected chi connectivity index (χ0v) is 10.8. The molecule has 20 heavy (non-hydrogen) atoms. The summed E-state index contributed by atoms with van der Waals surface area (Å²) in [6.07, 6.45) is 0. The van der Waals surface area contributed by atoms with Crippen molar-refractivity contribution in [1.29, 1.82) is 0 Å². The Kier molecular flexibility index (Phi) is 2.92. The van der Waals surface area contributed by atoms with Crippen molar-refractivity contribution in [2.45, 2.75) is 0 Å². The van der Waals surface area contributed by atoms with Crippen molar-refractivity contribution >= 4 is 22.0 Å². The summed E-state index contributed by atoms with van der Waals surface area (Å²) in [4.78, 5) is 14.7. The van der Waals surface area contributed by atoms with Crippen molar-refractivity contribution in [3.63, 3.8) is 0 Å². The molecule has 3 aromatic rings. The van der Waals surface area contributed by atoms with E-state index in [1.807, 2.05) is 0 Å². The predicted octanol–water partition coefficient (Wildman–Crippen LogP) is 2.96. The van der Waals surface area contributed by atoms with E-state index in [0.29, 0.717) is 16.1 Å². The largest absolute Gasteiger partial charge is 0.390 e. The van der Waals surface area contributed by atoms with Gasteiger partial charge in [0.15, 0.2) is 0 Å². The molecule has 8 heteroatoms. The zero-order valence-electron chi connectivity index (χ0n) is 10.0. The van der Waals surface area contributed by atoms with Gasteiger partial charge in [0.05, 0.1) is 15.5 Å². The molecule has 0 aliphatic rings. The number of para-hydroxylation sites is 1. The van der Waals surface area contributed by atoms with Crippen LogP contribution in [0.4, 0.5) is 10.7 Å². The third-order valence-corrected chi connectivity index (χ3v) is 3.44. The molecule has 0 saturated heterocycles. The molecule has 1 aromatic carbocycles. The Morgan fingerprint density at radius 2 is 2.05 bits per heavy atom. The lowest BCUT2D eigenvalue weighted by Crippen LogP contribution is -1.92. The number of nitrogens with two attached hydrogens (primary N) is 1. The maximum Gasteiger partial charge on any atom is 0.280 e. The van der Waals surface area contributed by atoms with Crippen LogP contribution in [-0.4, -0.2) is 15.1 Å². The monoisotopic (exact) mass is 288 g/mol. The Bertz CT molecular complexity index is 780. The second-order valence-electron chi connectivity index (χ2n) is 3.90. The van der Waals surface area contributed by atoms with Crippen LogP contribution in [0.2, 0.25) is 0 Å². The molecule has 3 rings (SSSR count). The van der Waals surface area contributed by atoms with Crippen molar-refractivity contribution in [2.24, 2.45) is 0 Å². The van der Waals surface area contributed by atoms with E-state index >= 15 is 0 Å². The highest BCUT2D eigenvalue weighted by atomic mass is 32.1. The van der Waals surface area contributed by atoms with Gasteiger partial charge in [-0.1, -0.05) is 17.3 Å². The van der Waals surface area contributed by atoms with Crippen LogP contribution in [0.5, 0.6) is 0 Å². The SMILES string of the molecule is Nc1sccc1-c1nc(-c2ccccc2[N+](=O)[O-])no1. The van der Waals surface area contributed by atoms with Gasteiger partial charge >= 0.3 is 0 Å². The molecule has 0 amide bonds. The van der Waals surface area contributed by atoms with Gasteiger partial charge in [0.1, 0.15) is 5.56 Å². The van der Waals surface area contributed by atoms with E-state index in [-0.39, 0.29) is 17.4 Å². The molecule has 0 unspecified atom stereocenters. The van der Waals surface area contributed by atoms with Crippen molar-refractivity contribution in [1.82, 2.24) is 10.1 Å². The number of anilines is 1. The van der Waals surface area contributed by atoms with Crippen LogP contribution in [0.1, 0.15) is 0 Å². The predicted molar refractivity (Wildman–Crippen MR) is 74.1 cm³/mol. The van der Waals surface area contributed by atoms with Gasteiger partial charge in [-0.25, -0.2) is 0 Å². The highest BCUT2D eigenvalue weighted by Crippen LogP contribution is 2.32. The van der Waals surface area contributed by atoms with Crippen LogP contribution in [0.3, 0.4) is 0 Å². The lowest BCUT2D eigenvalue weighted by Gasteiger charge is -1.96.